The fourth-order valence-corrected chi connectivity index (χ4v) is 1.60. The number of hydrogen-bond donors (Lipinski definition) is 0. The second-order valence-electron chi connectivity index (χ2n) is 3.82. The number of ether oxygens (including phenoxy) is 1. The van der Waals surface area contributed by atoms with Gasteiger partial charge in [0.2, 0.25) is 0 Å². The molecule has 1 aromatic carbocycles. The molecular weight excluding hydrogens is 214 g/mol. The van der Waals surface area contributed by atoms with Crippen molar-refractivity contribution in [3.05, 3.63) is 47.7 Å². The van der Waals surface area contributed by atoms with Crippen molar-refractivity contribution < 1.29 is 9.53 Å². The lowest BCUT2D eigenvalue weighted by molar-refractivity contribution is -0.134. The molecule has 0 aliphatic heterocycles. The molecule has 86 valence electrons. The second-order valence-corrected chi connectivity index (χ2v) is 3.82. The number of aromatic nitrogens is 1. The van der Waals surface area contributed by atoms with E-state index in [0.717, 1.165) is 22.0 Å². The Bertz CT molecular complexity index is 588. The van der Waals surface area contributed by atoms with Crippen LogP contribution in [0.1, 0.15) is 11.1 Å². The zero-order valence-electron chi connectivity index (χ0n) is 9.81. The van der Waals surface area contributed by atoms with Crippen LogP contribution in [0.3, 0.4) is 0 Å². The van der Waals surface area contributed by atoms with Gasteiger partial charge < -0.3 is 4.74 Å². The van der Waals surface area contributed by atoms with Crippen LogP contribution in [0, 0.1) is 6.92 Å². The fourth-order valence-electron chi connectivity index (χ4n) is 1.60. The third kappa shape index (κ3) is 2.69. The van der Waals surface area contributed by atoms with Gasteiger partial charge in [-0.3, -0.25) is 4.98 Å². The van der Waals surface area contributed by atoms with E-state index in [1.807, 2.05) is 31.3 Å². The Hall–Kier alpha value is -2.16. The molecule has 1 heterocycles. The summed E-state index contributed by atoms with van der Waals surface area (Å²) in [4.78, 5) is 15.3. The summed E-state index contributed by atoms with van der Waals surface area (Å²) < 4.78 is 4.54. The summed E-state index contributed by atoms with van der Waals surface area (Å²) >= 11 is 0. The molecule has 0 radical (unpaired) electrons. The molecule has 0 saturated carbocycles. The summed E-state index contributed by atoms with van der Waals surface area (Å²) in [5, 5.41) is 1.07. The molecule has 0 bridgehead atoms. The Morgan fingerprint density at radius 3 is 2.94 bits per heavy atom. The smallest absolute Gasteiger partial charge is 0.330 e. The van der Waals surface area contributed by atoms with Crippen molar-refractivity contribution in [2.45, 2.75) is 6.92 Å². The molecular formula is C14H13NO2. The number of hydrogen-bond acceptors (Lipinski definition) is 3. The zero-order valence-corrected chi connectivity index (χ0v) is 9.81. The van der Waals surface area contributed by atoms with Crippen LogP contribution >= 0.6 is 0 Å². The first-order valence-corrected chi connectivity index (χ1v) is 5.31. The van der Waals surface area contributed by atoms with Gasteiger partial charge in [-0.1, -0.05) is 6.07 Å². The molecule has 2 rings (SSSR count). The van der Waals surface area contributed by atoms with Crippen LogP contribution in [0.2, 0.25) is 0 Å². The molecule has 0 atom stereocenters. The van der Waals surface area contributed by atoms with Crippen molar-refractivity contribution in [2.75, 3.05) is 7.11 Å². The predicted molar refractivity (Wildman–Crippen MR) is 67.5 cm³/mol. The van der Waals surface area contributed by atoms with E-state index in [-0.39, 0.29) is 5.97 Å². The second kappa shape index (κ2) is 4.78. The number of esters is 1. The van der Waals surface area contributed by atoms with E-state index in [2.05, 4.69) is 15.8 Å². The quantitative estimate of drug-likeness (QED) is 0.585. The molecule has 1 aromatic heterocycles. The first kappa shape index (κ1) is 11.3. The highest BCUT2D eigenvalue weighted by atomic mass is 16.5. The minimum Gasteiger partial charge on any atom is -0.466 e. The minimum atomic E-state index is -0.354. The van der Waals surface area contributed by atoms with Crippen molar-refractivity contribution in [3.8, 4) is 0 Å². The van der Waals surface area contributed by atoms with Gasteiger partial charge >= 0.3 is 5.97 Å². The molecule has 0 unspecified atom stereocenters. The number of benzene rings is 1. The van der Waals surface area contributed by atoms with Gasteiger partial charge in [-0.05, 0) is 42.3 Å². The van der Waals surface area contributed by atoms with E-state index in [1.54, 1.807) is 6.08 Å². The average molecular weight is 227 g/mol. The number of carbonyl (C=O) groups is 1. The first-order valence-electron chi connectivity index (χ1n) is 5.31. The molecule has 17 heavy (non-hydrogen) atoms. The monoisotopic (exact) mass is 227 g/mol. The summed E-state index contributed by atoms with van der Waals surface area (Å²) in [6, 6.07) is 7.92. The molecule has 0 amide bonds. The van der Waals surface area contributed by atoms with E-state index < -0.39 is 0 Å². The molecule has 0 aliphatic rings. The first-order chi connectivity index (χ1) is 8.19. The zero-order chi connectivity index (χ0) is 12.3. The maximum atomic E-state index is 11.0. The number of rotatable bonds is 2. The number of aryl methyl sites for hydroxylation is 1. The van der Waals surface area contributed by atoms with Crippen LogP contribution in [-0.2, 0) is 9.53 Å². The van der Waals surface area contributed by atoms with Crippen LogP contribution in [0.15, 0.2) is 36.5 Å². The summed E-state index contributed by atoms with van der Waals surface area (Å²) in [6.07, 6.45) is 4.98. The average Bonchev–Trinajstić information content (AvgIpc) is 2.35. The summed E-state index contributed by atoms with van der Waals surface area (Å²) in [5.41, 5.74) is 3.02. The van der Waals surface area contributed by atoms with Crippen LogP contribution in [-0.4, -0.2) is 18.1 Å². The molecule has 0 fully saturated rings. The standard InChI is InChI=1S/C14H13NO2/c1-10-7-12-8-11(4-6-14(16)17-2)3-5-13(12)15-9-10/h3-9H,1-2H3/b6-4+. The minimum absolute atomic E-state index is 0.354. The molecule has 0 spiro atoms. The van der Waals surface area contributed by atoms with Crippen molar-refractivity contribution >= 4 is 22.9 Å². The predicted octanol–water partition coefficient (Wildman–Crippen LogP) is 2.73. The van der Waals surface area contributed by atoms with Gasteiger partial charge in [0.05, 0.1) is 12.6 Å². The van der Waals surface area contributed by atoms with Gasteiger partial charge in [-0.15, -0.1) is 0 Å². The lowest BCUT2D eigenvalue weighted by atomic mass is 10.1. The highest BCUT2D eigenvalue weighted by Crippen LogP contribution is 2.16. The molecule has 0 saturated heterocycles. The normalized spacial score (nSPS) is 10.9. The summed E-state index contributed by atoms with van der Waals surface area (Å²) in [7, 11) is 1.36. The van der Waals surface area contributed by atoms with Gasteiger partial charge in [0.25, 0.3) is 0 Å². The number of nitrogens with zero attached hydrogens (tertiary/aromatic N) is 1. The van der Waals surface area contributed by atoms with Gasteiger partial charge in [0.15, 0.2) is 0 Å². The maximum Gasteiger partial charge on any atom is 0.330 e. The lowest BCUT2D eigenvalue weighted by Crippen LogP contribution is -1.93. The van der Waals surface area contributed by atoms with Crippen molar-refractivity contribution in [1.29, 1.82) is 0 Å². The van der Waals surface area contributed by atoms with Crippen LogP contribution in [0.25, 0.3) is 17.0 Å². The van der Waals surface area contributed by atoms with Crippen molar-refractivity contribution in [2.24, 2.45) is 0 Å². The van der Waals surface area contributed by atoms with E-state index in [1.165, 1.54) is 13.2 Å². The number of carbonyl (C=O) groups excluding carboxylic acids is 1. The summed E-state index contributed by atoms with van der Waals surface area (Å²) in [6.45, 7) is 2.00. The fraction of sp³-hybridized carbons (Fsp3) is 0.143. The Morgan fingerprint density at radius 2 is 2.18 bits per heavy atom. The van der Waals surface area contributed by atoms with Gasteiger partial charge in [0, 0.05) is 17.7 Å². The Balaban J connectivity index is 2.37. The third-order valence-corrected chi connectivity index (χ3v) is 2.46. The van der Waals surface area contributed by atoms with Gasteiger partial charge in [0.1, 0.15) is 0 Å². The molecule has 0 aliphatic carbocycles. The highest BCUT2D eigenvalue weighted by molar-refractivity contribution is 5.88. The van der Waals surface area contributed by atoms with Crippen LogP contribution < -0.4 is 0 Å². The van der Waals surface area contributed by atoms with Crippen molar-refractivity contribution in [1.82, 2.24) is 4.98 Å². The lowest BCUT2D eigenvalue weighted by Gasteiger charge is -2.00. The number of fused-ring (bicyclic) bond motifs is 1. The number of methoxy groups -OCH3 is 1. The van der Waals surface area contributed by atoms with E-state index >= 15 is 0 Å². The Morgan fingerprint density at radius 1 is 1.35 bits per heavy atom. The molecule has 2 aromatic rings. The molecule has 3 nitrogen and oxygen atoms in total. The largest absolute Gasteiger partial charge is 0.466 e. The topological polar surface area (TPSA) is 39.2 Å². The van der Waals surface area contributed by atoms with Crippen LogP contribution in [0.4, 0.5) is 0 Å². The Labute approximate surface area is 99.7 Å². The summed E-state index contributed by atoms with van der Waals surface area (Å²) in [5.74, 6) is -0.354. The Kier molecular flexibility index (Phi) is 3.19. The van der Waals surface area contributed by atoms with Crippen LogP contribution in [0.5, 0.6) is 0 Å². The maximum absolute atomic E-state index is 11.0. The van der Waals surface area contributed by atoms with Gasteiger partial charge in [-0.2, -0.15) is 0 Å². The molecule has 0 N–H and O–H groups in total. The van der Waals surface area contributed by atoms with Crippen molar-refractivity contribution in [3.63, 3.8) is 0 Å². The van der Waals surface area contributed by atoms with E-state index in [4.69, 9.17) is 0 Å². The van der Waals surface area contributed by atoms with E-state index in [9.17, 15) is 4.79 Å². The van der Waals surface area contributed by atoms with E-state index in [0.29, 0.717) is 0 Å². The molecule has 3 heteroatoms. The number of pyridine rings is 1. The SMILES string of the molecule is COC(=O)/C=C/c1ccc2ncc(C)cc2c1. The van der Waals surface area contributed by atoms with Gasteiger partial charge in [-0.25, -0.2) is 4.79 Å². The highest BCUT2D eigenvalue weighted by Gasteiger charge is 1.97. The third-order valence-electron chi connectivity index (χ3n) is 2.46.